The number of carbonyl (C=O) groups is 2. The van der Waals surface area contributed by atoms with E-state index < -0.39 is 5.91 Å². The van der Waals surface area contributed by atoms with Crippen LogP contribution in [0.1, 0.15) is 32.0 Å². The third-order valence-electron chi connectivity index (χ3n) is 5.81. The summed E-state index contributed by atoms with van der Waals surface area (Å²) in [6.45, 7) is 3.62. The first-order valence-electron chi connectivity index (χ1n) is 12.0. The number of nitrogens with one attached hydrogen (secondary N) is 4. The zero-order valence-electron chi connectivity index (χ0n) is 20.8. The average molecular weight is 499 g/mol. The summed E-state index contributed by atoms with van der Waals surface area (Å²) in [5, 5.41) is 12.5. The molecule has 0 saturated carbocycles. The fourth-order valence-corrected chi connectivity index (χ4v) is 3.83. The number of furan rings is 1. The summed E-state index contributed by atoms with van der Waals surface area (Å²) in [7, 11) is 1.59. The molecule has 0 aliphatic rings. The van der Waals surface area contributed by atoms with E-state index in [1.54, 1.807) is 37.4 Å². The highest BCUT2D eigenvalue weighted by molar-refractivity contribution is 6.05. The van der Waals surface area contributed by atoms with Gasteiger partial charge in [0.15, 0.2) is 5.76 Å². The summed E-state index contributed by atoms with van der Waals surface area (Å²) in [6.07, 6.45) is 1.44. The molecule has 0 fully saturated rings. The van der Waals surface area contributed by atoms with Crippen LogP contribution in [0, 0.1) is 6.92 Å². The van der Waals surface area contributed by atoms with Gasteiger partial charge in [-0.05, 0) is 55.0 Å². The Balaban J connectivity index is 1.45. The molecule has 8 heteroatoms. The summed E-state index contributed by atoms with van der Waals surface area (Å²) < 4.78 is 10.6. The molecule has 4 rings (SSSR count). The molecule has 4 aromatic rings. The Kier molecular flexibility index (Phi) is 8.44. The Bertz CT molecular complexity index is 1350. The summed E-state index contributed by atoms with van der Waals surface area (Å²) >= 11 is 0. The minimum absolute atomic E-state index is 0.179. The number of amides is 2. The van der Waals surface area contributed by atoms with Crippen molar-refractivity contribution < 1.29 is 18.7 Å². The molecule has 4 N–H and O–H groups in total. The monoisotopic (exact) mass is 498 g/mol. The van der Waals surface area contributed by atoms with Gasteiger partial charge in [-0.15, -0.1) is 0 Å². The van der Waals surface area contributed by atoms with Crippen molar-refractivity contribution in [1.82, 2.24) is 5.32 Å². The quantitative estimate of drug-likeness (QED) is 0.209. The van der Waals surface area contributed by atoms with Crippen LogP contribution in [0.5, 0.6) is 5.75 Å². The van der Waals surface area contributed by atoms with Gasteiger partial charge in [-0.25, -0.2) is 0 Å². The third kappa shape index (κ3) is 6.70. The SMILES string of the molecule is COc1ccccc1CNC(=O)c1ccc(NCCNc2ccccc2C)c(NC(=O)c2ccco2)c1. The van der Waals surface area contributed by atoms with Crippen LogP contribution in [0.25, 0.3) is 0 Å². The van der Waals surface area contributed by atoms with Crippen LogP contribution < -0.4 is 26.0 Å². The molecular formula is C29H30N4O4. The first kappa shape index (κ1) is 25.4. The maximum Gasteiger partial charge on any atom is 0.291 e. The number of methoxy groups -OCH3 is 1. The van der Waals surface area contributed by atoms with E-state index in [-0.39, 0.29) is 11.7 Å². The first-order chi connectivity index (χ1) is 18.0. The molecule has 190 valence electrons. The zero-order valence-corrected chi connectivity index (χ0v) is 20.8. The van der Waals surface area contributed by atoms with E-state index in [1.807, 2.05) is 42.5 Å². The second-order valence-electron chi connectivity index (χ2n) is 8.35. The Morgan fingerprint density at radius 1 is 0.811 bits per heavy atom. The normalized spacial score (nSPS) is 10.4. The zero-order chi connectivity index (χ0) is 26.0. The summed E-state index contributed by atoms with van der Waals surface area (Å²) in [6, 6.07) is 24.0. The lowest BCUT2D eigenvalue weighted by Crippen LogP contribution is -2.23. The molecule has 0 aliphatic heterocycles. The van der Waals surface area contributed by atoms with Gasteiger partial charge in [0.05, 0.1) is 24.7 Å². The van der Waals surface area contributed by atoms with Gasteiger partial charge in [0.1, 0.15) is 5.75 Å². The van der Waals surface area contributed by atoms with Gasteiger partial charge in [0.25, 0.3) is 11.8 Å². The average Bonchev–Trinajstić information content (AvgIpc) is 3.47. The van der Waals surface area contributed by atoms with Gasteiger partial charge in [-0.1, -0.05) is 36.4 Å². The number of carbonyl (C=O) groups excluding carboxylic acids is 2. The Hall–Kier alpha value is -4.72. The van der Waals surface area contributed by atoms with Crippen molar-refractivity contribution in [2.45, 2.75) is 13.5 Å². The van der Waals surface area contributed by atoms with Crippen LogP contribution in [-0.2, 0) is 6.54 Å². The van der Waals surface area contributed by atoms with Crippen LogP contribution in [0.2, 0.25) is 0 Å². The van der Waals surface area contributed by atoms with E-state index in [0.717, 1.165) is 16.8 Å². The Morgan fingerprint density at radius 3 is 2.32 bits per heavy atom. The van der Waals surface area contributed by atoms with Gasteiger partial charge in [-0.3, -0.25) is 9.59 Å². The number of ether oxygens (including phenoxy) is 1. The fraction of sp³-hybridized carbons (Fsp3) is 0.172. The molecule has 1 aromatic heterocycles. The van der Waals surface area contributed by atoms with Crippen molar-refractivity contribution in [3.63, 3.8) is 0 Å². The molecule has 37 heavy (non-hydrogen) atoms. The predicted octanol–water partition coefficient (Wildman–Crippen LogP) is 5.30. The molecule has 3 aromatic carbocycles. The highest BCUT2D eigenvalue weighted by Crippen LogP contribution is 2.25. The summed E-state index contributed by atoms with van der Waals surface area (Å²) in [4.78, 5) is 25.6. The number of hydrogen-bond donors (Lipinski definition) is 4. The molecule has 2 amide bonds. The van der Waals surface area contributed by atoms with Crippen LogP contribution in [-0.4, -0.2) is 32.0 Å². The fourth-order valence-electron chi connectivity index (χ4n) is 3.83. The second kappa shape index (κ2) is 12.3. The lowest BCUT2D eigenvalue weighted by molar-refractivity contribution is 0.0948. The molecule has 0 aliphatic carbocycles. The largest absolute Gasteiger partial charge is 0.496 e. The maximum absolute atomic E-state index is 12.9. The number of aryl methyl sites for hydroxylation is 1. The molecule has 0 bridgehead atoms. The van der Waals surface area contributed by atoms with Gasteiger partial charge >= 0.3 is 0 Å². The smallest absolute Gasteiger partial charge is 0.291 e. The van der Waals surface area contributed by atoms with E-state index in [4.69, 9.17) is 9.15 Å². The standard InChI is InChI=1S/C29H30N4O4/c1-20-8-3-5-10-23(20)30-15-16-31-24-14-13-21(18-25(24)33-29(35)27-12-7-17-37-27)28(34)32-19-22-9-4-6-11-26(22)36-2/h3-14,17-18,30-31H,15-16,19H2,1-2H3,(H,32,34)(H,33,35). The Morgan fingerprint density at radius 2 is 1.57 bits per heavy atom. The molecule has 1 heterocycles. The van der Waals surface area contributed by atoms with Crippen LogP contribution in [0.3, 0.4) is 0 Å². The molecule has 0 atom stereocenters. The number of rotatable bonds is 11. The van der Waals surface area contributed by atoms with E-state index in [1.165, 1.54) is 6.26 Å². The molecule has 8 nitrogen and oxygen atoms in total. The lowest BCUT2D eigenvalue weighted by Gasteiger charge is -2.16. The molecular weight excluding hydrogens is 468 g/mol. The van der Waals surface area contributed by atoms with Crippen molar-refractivity contribution in [2.75, 3.05) is 36.1 Å². The lowest BCUT2D eigenvalue weighted by atomic mass is 10.1. The highest BCUT2D eigenvalue weighted by atomic mass is 16.5. The van der Waals surface area contributed by atoms with Gasteiger partial charge in [0.2, 0.25) is 0 Å². The van der Waals surface area contributed by atoms with Crippen molar-refractivity contribution in [1.29, 1.82) is 0 Å². The topological polar surface area (TPSA) is 105 Å². The number of benzene rings is 3. The van der Waals surface area contributed by atoms with Crippen molar-refractivity contribution >= 4 is 28.9 Å². The highest BCUT2D eigenvalue weighted by Gasteiger charge is 2.15. The number of hydrogen-bond acceptors (Lipinski definition) is 6. The summed E-state index contributed by atoms with van der Waals surface area (Å²) in [5.74, 6) is 0.205. The summed E-state index contributed by atoms with van der Waals surface area (Å²) in [5.41, 5.74) is 4.67. The van der Waals surface area contributed by atoms with E-state index in [2.05, 4.69) is 34.3 Å². The Labute approximate surface area is 216 Å². The van der Waals surface area contributed by atoms with Gasteiger partial charge in [0, 0.05) is 36.4 Å². The first-order valence-corrected chi connectivity index (χ1v) is 12.0. The van der Waals surface area contributed by atoms with Crippen molar-refractivity contribution in [2.24, 2.45) is 0 Å². The van der Waals surface area contributed by atoms with E-state index in [9.17, 15) is 9.59 Å². The minimum atomic E-state index is -0.405. The van der Waals surface area contributed by atoms with E-state index in [0.29, 0.717) is 42.3 Å². The molecule has 0 saturated heterocycles. The molecule has 0 unspecified atom stereocenters. The van der Waals surface area contributed by atoms with Crippen LogP contribution in [0.15, 0.2) is 89.5 Å². The minimum Gasteiger partial charge on any atom is -0.496 e. The van der Waals surface area contributed by atoms with Crippen LogP contribution in [0.4, 0.5) is 17.1 Å². The second-order valence-corrected chi connectivity index (χ2v) is 8.35. The van der Waals surface area contributed by atoms with Crippen molar-refractivity contribution in [3.8, 4) is 5.75 Å². The van der Waals surface area contributed by atoms with Gasteiger partial charge < -0.3 is 30.4 Å². The maximum atomic E-state index is 12.9. The molecule has 0 radical (unpaired) electrons. The third-order valence-corrected chi connectivity index (χ3v) is 5.81. The number of anilines is 3. The van der Waals surface area contributed by atoms with E-state index >= 15 is 0 Å². The molecule has 0 spiro atoms. The van der Waals surface area contributed by atoms with Gasteiger partial charge in [-0.2, -0.15) is 0 Å². The number of para-hydroxylation sites is 2. The van der Waals surface area contributed by atoms with Crippen molar-refractivity contribution in [3.05, 3.63) is 108 Å². The predicted molar refractivity (Wildman–Crippen MR) is 145 cm³/mol. The van der Waals surface area contributed by atoms with Crippen LogP contribution >= 0.6 is 0 Å².